The Labute approximate surface area is 112 Å². The smallest absolute Gasteiger partial charge is 0.0952 e. The van der Waals surface area contributed by atoms with Gasteiger partial charge in [0.1, 0.15) is 0 Å². The average Bonchev–Trinajstić information content (AvgIpc) is 1.57. The van der Waals surface area contributed by atoms with Gasteiger partial charge in [-0.3, -0.25) is 0 Å². The van der Waals surface area contributed by atoms with Crippen LogP contribution in [0.3, 0.4) is 0 Å². The Morgan fingerprint density at radius 1 is 0.500 bits per heavy atom. The second kappa shape index (κ2) is 10.6. The van der Waals surface area contributed by atoms with Crippen molar-refractivity contribution in [2.24, 2.45) is 0 Å². The van der Waals surface area contributed by atoms with E-state index in [2.05, 4.69) is 0 Å². The van der Waals surface area contributed by atoms with Gasteiger partial charge in [-0.05, 0) is 41.5 Å². The van der Waals surface area contributed by atoms with Crippen molar-refractivity contribution in [3.05, 3.63) is 0 Å². The largest absolute Gasteiger partial charge is 0.230 e. The highest BCUT2D eigenvalue weighted by Gasteiger charge is 2.18. The quantitative estimate of drug-likeness (QED) is 0.532. The monoisotopic (exact) mass is 290 g/mol. The number of hydrogen-bond donors (Lipinski definition) is 0. The summed E-state index contributed by atoms with van der Waals surface area (Å²) in [4.78, 5) is 10.2. The predicted molar refractivity (Wildman–Crippen MR) is 70.7 cm³/mol. The van der Waals surface area contributed by atoms with E-state index in [4.69, 9.17) is 9.78 Å². The minimum atomic E-state index is -0.215. The maximum Gasteiger partial charge on any atom is 0.0952 e. The Balaban J connectivity index is -0.0000000675. The van der Waals surface area contributed by atoms with Crippen molar-refractivity contribution >= 4 is 49.6 Å². The van der Waals surface area contributed by atoms with E-state index in [1.807, 2.05) is 41.5 Å². The van der Waals surface area contributed by atoms with Crippen molar-refractivity contribution in [3.8, 4) is 0 Å². The minimum absolute atomic E-state index is 0. The summed E-state index contributed by atoms with van der Waals surface area (Å²) in [5.41, 5.74) is -0.430. The molecule has 0 spiro atoms. The van der Waals surface area contributed by atoms with Crippen molar-refractivity contribution in [1.29, 1.82) is 0 Å². The predicted octanol–water partition coefficient (Wildman–Crippen LogP) is 4.22. The molecule has 0 fully saturated rings. The van der Waals surface area contributed by atoms with Crippen LogP contribution in [0.2, 0.25) is 0 Å². The molecule has 0 bridgehead atoms. The summed E-state index contributed by atoms with van der Waals surface area (Å²) < 4.78 is 0. The van der Waals surface area contributed by atoms with Gasteiger partial charge in [0.05, 0.1) is 11.2 Å². The van der Waals surface area contributed by atoms with E-state index < -0.39 is 0 Å². The molecule has 0 amide bonds. The molecule has 0 saturated carbocycles. The van der Waals surface area contributed by atoms with Crippen LogP contribution in [-0.2, 0) is 9.78 Å². The molecule has 0 unspecified atom stereocenters. The third kappa shape index (κ3) is 29.2. The third-order valence-electron chi connectivity index (χ3n) is 0.542. The highest BCUT2D eigenvalue weighted by molar-refractivity contribution is 5.86. The van der Waals surface area contributed by atoms with Gasteiger partial charge in [-0.2, -0.15) is 0 Å². The topological polar surface area (TPSA) is 18.5 Å². The van der Waals surface area contributed by atoms with Crippen LogP contribution in [0.5, 0.6) is 0 Å². The molecule has 0 aromatic rings. The van der Waals surface area contributed by atoms with E-state index in [0.29, 0.717) is 0 Å². The lowest BCUT2D eigenvalue weighted by atomic mass is 10.2. The molecule has 0 aliphatic heterocycles. The maximum absolute atomic E-state index is 5.09. The number of halogens is 4. The molecule has 0 atom stereocenters. The molecular formula is C8H22Cl4O2. The lowest BCUT2D eigenvalue weighted by Crippen LogP contribution is -2.27. The van der Waals surface area contributed by atoms with Crippen LogP contribution < -0.4 is 0 Å². The van der Waals surface area contributed by atoms with Gasteiger partial charge in [0.15, 0.2) is 0 Å². The molecular weight excluding hydrogens is 270 g/mol. The van der Waals surface area contributed by atoms with E-state index >= 15 is 0 Å². The molecule has 0 aliphatic rings. The molecule has 0 radical (unpaired) electrons. The highest BCUT2D eigenvalue weighted by atomic mass is 35.5. The summed E-state index contributed by atoms with van der Waals surface area (Å²) in [7, 11) is 0. The van der Waals surface area contributed by atoms with Crippen molar-refractivity contribution in [3.63, 3.8) is 0 Å². The Hall–Kier alpha value is 1.08. The minimum Gasteiger partial charge on any atom is -0.230 e. The fourth-order valence-electron chi connectivity index (χ4n) is 0.250. The Kier molecular flexibility index (Phi) is 22.3. The van der Waals surface area contributed by atoms with Crippen molar-refractivity contribution in [2.45, 2.75) is 52.7 Å². The summed E-state index contributed by atoms with van der Waals surface area (Å²) >= 11 is 0. The van der Waals surface area contributed by atoms with Crippen LogP contribution in [0.15, 0.2) is 0 Å². The molecule has 2 nitrogen and oxygen atoms in total. The molecule has 6 heteroatoms. The van der Waals surface area contributed by atoms with Crippen molar-refractivity contribution in [1.82, 2.24) is 0 Å². The van der Waals surface area contributed by atoms with Gasteiger partial charge in [-0.1, -0.05) is 0 Å². The summed E-state index contributed by atoms with van der Waals surface area (Å²) in [6.45, 7) is 11.7. The average molecular weight is 292 g/mol. The summed E-state index contributed by atoms with van der Waals surface area (Å²) in [6, 6.07) is 0. The van der Waals surface area contributed by atoms with Crippen LogP contribution in [0.4, 0.5) is 0 Å². The Morgan fingerprint density at radius 3 is 0.714 bits per heavy atom. The molecule has 94 valence electrons. The van der Waals surface area contributed by atoms with Crippen LogP contribution in [0.1, 0.15) is 41.5 Å². The number of hydrogen-bond acceptors (Lipinski definition) is 2. The van der Waals surface area contributed by atoms with Crippen LogP contribution >= 0.6 is 49.6 Å². The first-order valence-electron chi connectivity index (χ1n) is 3.57. The first kappa shape index (κ1) is 29.4. The van der Waals surface area contributed by atoms with Gasteiger partial charge in [0.2, 0.25) is 0 Å². The zero-order valence-corrected chi connectivity index (χ0v) is 12.7. The zero-order valence-electron chi connectivity index (χ0n) is 9.45. The normalized spacial score (nSPS) is 9.86. The van der Waals surface area contributed by atoms with E-state index in [0.717, 1.165) is 0 Å². The zero-order chi connectivity index (χ0) is 8.41. The molecule has 0 heterocycles. The van der Waals surface area contributed by atoms with Gasteiger partial charge < -0.3 is 0 Å². The molecule has 0 rings (SSSR count). The second-order valence-corrected chi connectivity index (χ2v) is 4.39. The summed E-state index contributed by atoms with van der Waals surface area (Å²) in [6.07, 6.45) is 0. The summed E-state index contributed by atoms with van der Waals surface area (Å²) in [5.74, 6) is 0. The van der Waals surface area contributed by atoms with E-state index in [1.165, 1.54) is 0 Å². The Bertz CT molecular complexity index is 92.9. The summed E-state index contributed by atoms with van der Waals surface area (Å²) in [5, 5.41) is 0. The molecule has 0 aromatic carbocycles. The molecule has 0 aromatic heterocycles. The van der Waals surface area contributed by atoms with E-state index in [9.17, 15) is 0 Å². The van der Waals surface area contributed by atoms with Crippen LogP contribution in [0, 0.1) is 0 Å². The maximum atomic E-state index is 5.09. The highest BCUT2D eigenvalue weighted by Crippen LogP contribution is 2.14. The standard InChI is InChI=1S/C8H18O2.4ClH/c1-7(2,3)9-10-8(4,5)6;;;;/h1-6H3;4*1H. The fourth-order valence-corrected chi connectivity index (χ4v) is 0.250. The van der Waals surface area contributed by atoms with Gasteiger partial charge >= 0.3 is 0 Å². The first-order valence-corrected chi connectivity index (χ1v) is 3.57. The molecule has 14 heavy (non-hydrogen) atoms. The number of rotatable bonds is 1. The van der Waals surface area contributed by atoms with E-state index in [-0.39, 0.29) is 60.8 Å². The van der Waals surface area contributed by atoms with Crippen molar-refractivity contribution in [2.75, 3.05) is 0 Å². The molecule has 0 N–H and O–H groups in total. The van der Waals surface area contributed by atoms with E-state index in [1.54, 1.807) is 0 Å². The molecule has 0 saturated heterocycles. The Morgan fingerprint density at radius 2 is 0.643 bits per heavy atom. The second-order valence-electron chi connectivity index (χ2n) is 4.39. The van der Waals surface area contributed by atoms with Crippen molar-refractivity contribution < 1.29 is 9.78 Å². The van der Waals surface area contributed by atoms with Gasteiger partial charge in [0.25, 0.3) is 0 Å². The lowest BCUT2D eigenvalue weighted by Gasteiger charge is -2.24. The third-order valence-corrected chi connectivity index (χ3v) is 0.542. The van der Waals surface area contributed by atoms with Gasteiger partial charge in [-0.25, -0.2) is 9.78 Å². The fraction of sp³-hybridized carbons (Fsp3) is 1.00. The molecule has 0 aliphatic carbocycles. The SMILES string of the molecule is CC(C)(C)OOC(C)(C)C.Cl.Cl.Cl.Cl. The van der Waals surface area contributed by atoms with Crippen LogP contribution in [0.25, 0.3) is 0 Å². The lowest BCUT2D eigenvalue weighted by molar-refractivity contribution is -0.393. The van der Waals surface area contributed by atoms with Gasteiger partial charge in [0, 0.05) is 0 Å². The first-order chi connectivity index (χ1) is 4.21. The van der Waals surface area contributed by atoms with Crippen LogP contribution in [-0.4, -0.2) is 11.2 Å². The van der Waals surface area contributed by atoms with Gasteiger partial charge in [-0.15, -0.1) is 49.6 Å².